The smallest absolute Gasteiger partial charge is 0.0279 e. The third kappa shape index (κ3) is 7.41. The Kier molecular flexibility index (Phi) is 2.63. The molecule has 1 nitrogen and oxygen atoms in total. The summed E-state index contributed by atoms with van der Waals surface area (Å²) in [6, 6.07) is 0. The van der Waals surface area contributed by atoms with Crippen LogP contribution in [0.2, 0.25) is 0 Å². The molecule has 0 aromatic heterocycles. The molecule has 0 unspecified atom stereocenters. The Hall–Kier alpha value is -0.590. The second-order valence-electron chi connectivity index (χ2n) is 3.38. The largest absolute Gasteiger partial charge is 0.306 e. The minimum Gasteiger partial charge on any atom is -0.306 e. The summed E-state index contributed by atoms with van der Waals surface area (Å²) < 4.78 is 0. The molecule has 0 aliphatic carbocycles. The monoisotopic (exact) mass is 125 g/mol. The van der Waals surface area contributed by atoms with Crippen molar-refractivity contribution in [3.05, 3.63) is 12.2 Å². The maximum absolute atomic E-state index is 7.09. The Morgan fingerprint density at radius 2 is 1.78 bits per heavy atom. The van der Waals surface area contributed by atoms with Crippen LogP contribution in [0.5, 0.6) is 0 Å². The van der Waals surface area contributed by atoms with E-state index in [9.17, 15) is 0 Å². The molecule has 0 saturated carbocycles. The van der Waals surface area contributed by atoms with Crippen molar-refractivity contribution in [3.63, 3.8) is 0 Å². The fourth-order valence-corrected chi connectivity index (χ4v) is 0.375. The average Bonchev–Trinajstić information content (AvgIpc) is 1.59. The van der Waals surface area contributed by atoms with Gasteiger partial charge in [-0.25, -0.2) is 0 Å². The van der Waals surface area contributed by atoms with Crippen molar-refractivity contribution in [3.8, 4) is 0 Å². The molecule has 52 valence electrons. The van der Waals surface area contributed by atoms with Crippen LogP contribution in [-0.4, -0.2) is 5.71 Å². The van der Waals surface area contributed by atoms with Crippen molar-refractivity contribution in [2.75, 3.05) is 0 Å². The van der Waals surface area contributed by atoms with Gasteiger partial charge in [-0.05, 0) is 18.4 Å². The molecule has 0 atom stereocenters. The first-order chi connectivity index (χ1) is 3.92. The van der Waals surface area contributed by atoms with Crippen molar-refractivity contribution in [1.82, 2.24) is 0 Å². The number of hydrogen-bond donors (Lipinski definition) is 1. The number of nitrogens with one attached hydrogen (secondary N) is 1. The highest BCUT2D eigenvalue weighted by molar-refractivity contribution is 5.89. The minimum atomic E-state index is 0.211. The molecule has 0 heterocycles. The summed E-state index contributed by atoms with van der Waals surface area (Å²) in [6.07, 6.45) is 3.87. The molecule has 0 aromatic rings. The molecule has 0 saturated heterocycles. The zero-order chi connectivity index (χ0) is 7.49. The van der Waals surface area contributed by atoms with E-state index in [-0.39, 0.29) is 5.41 Å². The van der Waals surface area contributed by atoms with Crippen LogP contribution in [-0.2, 0) is 0 Å². The summed E-state index contributed by atoms with van der Waals surface area (Å²) in [7, 11) is 0. The topological polar surface area (TPSA) is 23.9 Å². The third-order valence-corrected chi connectivity index (χ3v) is 0.833. The first-order valence-corrected chi connectivity index (χ1v) is 3.16. The van der Waals surface area contributed by atoms with Gasteiger partial charge in [0.1, 0.15) is 0 Å². The van der Waals surface area contributed by atoms with Gasteiger partial charge in [0.05, 0.1) is 0 Å². The van der Waals surface area contributed by atoms with Crippen LogP contribution in [0.3, 0.4) is 0 Å². The van der Waals surface area contributed by atoms with Gasteiger partial charge in [-0.3, -0.25) is 0 Å². The fourth-order valence-electron chi connectivity index (χ4n) is 0.375. The minimum absolute atomic E-state index is 0.211. The van der Waals surface area contributed by atoms with Crippen molar-refractivity contribution in [2.24, 2.45) is 5.41 Å². The van der Waals surface area contributed by atoms with Gasteiger partial charge in [0.25, 0.3) is 0 Å². The lowest BCUT2D eigenvalue weighted by atomic mass is 9.96. The highest BCUT2D eigenvalue weighted by Crippen LogP contribution is 2.13. The predicted octanol–water partition coefficient (Wildman–Crippen LogP) is 2.63. The van der Waals surface area contributed by atoms with E-state index in [0.29, 0.717) is 5.71 Å². The molecule has 0 fully saturated rings. The summed E-state index contributed by atoms with van der Waals surface area (Å²) >= 11 is 0. The molecule has 1 heteroatoms. The van der Waals surface area contributed by atoms with Gasteiger partial charge in [0.2, 0.25) is 0 Å². The summed E-state index contributed by atoms with van der Waals surface area (Å²) in [5.41, 5.74) is 0.826. The van der Waals surface area contributed by atoms with Crippen LogP contribution in [0.25, 0.3) is 0 Å². The highest BCUT2D eigenvalue weighted by atomic mass is 14.4. The fraction of sp³-hybridized carbons (Fsp3) is 0.625. The molecule has 0 rings (SSSR count). The Balaban J connectivity index is 3.86. The first-order valence-electron chi connectivity index (χ1n) is 3.16. The zero-order valence-electron chi connectivity index (χ0n) is 6.65. The molecule has 1 N–H and O–H groups in total. The third-order valence-electron chi connectivity index (χ3n) is 0.833. The summed E-state index contributed by atoms with van der Waals surface area (Å²) in [5, 5.41) is 7.09. The van der Waals surface area contributed by atoms with Gasteiger partial charge in [-0.2, -0.15) is 0 Å². The van der Waals surface area contributed by atoms with Gasteiger partial charge in [-0.15, -0.1) is 0 Å². The van der Waals surface area contributed by atoms with E-state index in [1.807, 2.05) is 12.2 Å². The van der Waals surface area contributed by atoms with E-state index in [4.69, 9.17) is 5.41 Å². The van der Waals surface area contributed by atoms with Gasteiger partial charge in [0, 0.05) is 5.71 Å². The molecular weight excluding hydrogens is 110 g/mol. The van der Waals surface area contributed by atoms with E-state index < -0.39 is 0 Å². The van der Waals surface area contributed by atoms with Crippen LogP contribution < -0.4 is 0 Å². The van der Waals surface area contributed by atoms with Crippen LogP contribution in [0.15, 0.2) is 12.2 Å². The second kappa shape index (κ2) is 2.81. The number of allylic oxidation sites excluding steroid dienone is 2. The molecule has 0 bridgehead atoms. The standard InChI is InChI=1S/C8H15N/c1-7(9)5-6-8(2,3)4/h5-6,9H,1-4H3/b6-5-,9-7?. The summed E-state index contributed by atoms with van der Waals surface area (Å²) in [4.78, 5) is 0. The Bertz CT molecular complexity index is 126. The van der Waals surface area contributed by atoms with Crippen LogP contribution in [0, 0.1) is 10.8 Å². The van der Waals surface area contributed by atoms with Gasteiger partial charge in [0.15, 0.2) is 0 Å². The average molecular weight is 125 g/mol. The highest BCUT2D eigenvalue weighted by Gasteiger charge is 2.02. The van der Waals surface area contributed by atoms with Crippen molar-refractivity contribution in [1.29, 1.82) is 5.41 Å². The summed E-state index contributed by atoms with van der Waals surface area (Å²) in [5.74, 6) is 0. The van der Waals surface area contributed by atoms with Crippen molar-refractivity contribution < 1.29 is 0 Å². The van der Waals surface area contributed by atoms with Crippen LogP contribution in [0.1, 0.15) is 27.7 Å². The maximum Gasteiger partial charge on any atom is 0.0279 e. The van der Waals surface area contributed by atoms with Gasteiger partial charge < -0.3 is 5.41 Å². The van der Waals surface area contributed by atoms with Gasteiger partial charge in [-0.1, -0.05) is 26.8 Å². The molecule has 0 spiro atoms. The molecule has 0 amide bonds. The predicted molar refractivity (Wildman–Crippen MR) is 42.0 cm³/mol. The molecule has 0 aliphatic rings. The van der Waals surface area contributed by atoms with Crippen LogP contribution >= 0.6 is 0 Å². The molecule has 9 heavy (non-hydrogen) atoms. The number of rotatable bonds is 1. The van der Waals surface area contributed by atoms with Crippen molar-refractivity contribution in [2.45, 2.75) is 27.7 Å². The zero-order valence-corrected chi connectivity index (χ0v) is 6.65. The van der Waals surface area contributed by atoms with Crippen LogP contribution in [0.4, 0.5) is 0 Å². The molecule has 0 radical (unpaired) electrons. The normalized spacial score (nSPS) is 12.4. The SMILES string of the molecule is CC(=N)/C=C\C(C)(C)C. The molecular formula is C8H15N. The van der Waals surface area contributed by atoms with E-state index in [1.54, 1.807) is 6.92 Å². The summed E-state index contributed by atoms with van der Waals surface area (Å²) in [6.45, 7) is 8.13. The van der Waals surface area contributed by atoms with E-state index in [2.05, 4.69) is 20.8 Å². The first kappa shape index (κ1) is 8.41. The lowest BCUT2D eigenvalue weighted by Crippen LogP contribution is -1.99. The van der Waals surface area contributed by atoms with E-state index >= 15 is 0 Å². The molecule has 0 aromatic carbocycles. The lowest BCUT2D eigenvalue weighted by molar-refractivity contribution is 0.544. The Morgan fingerprint density at radius 3 is 1.89 bits per heavy atom. The Morgan fingerprint density at radius 1 is 1.33 bits per heavy atom. The van der Waals surface area contributed by atoms with Crippen molar-refractivity contribution >= 4 is 5.71 Å². The Labute approximate surface area is 57.3 Å². The van der Waals surface area contributed by atoms with E-state index in [1.165, 1.54) is 0 Å². The number of hydrogen-bond acceptors (Lipinski definition) is 1. The quantitative estimate of drug-likeness (QED) is 0.521. The van der Waals surface area contributed by atoms with Gasteiger partial charge >= 0.3 is 0 Å². The maximum atomic E-state index is 7.09. The second-order valence-corrected chi connectivity index (χ2v) is 3.38. The van der Waals surface area contributed by atoms with E-state index in [0.717, 1.165) is 0 Å². The lowest BCUT2D eigenvalue weighted by Gasteiger charge is -2.10. The molecule has 0 aliphatic heterocycles.